The largest absolute Gasteiger partial charge is 0.416 e. The zero-order valence-corrected chi connectivity index (χ0v) is 15.0. The lowest BCUT2D eigenvalue weighted by Gasteiger charge is -2.39. The number of H-pyrrole nitrogens is 1. The van der Waals surface area contributed by atoms with Gasteiger partial charge in [-0.15, -0.1) is 0 Å². The van der Waals surface area contributed by atoms with Crippen molar-refractivity contribution in [3.05, 3.63) is 35.0 Å². The molecular weight excluding hydrogens is 381 g/mol. The molecule has 10 heteroatoms. The Morgan fingerprint density at radius 3 is 2.63 bits per heavy atom. The molecule has 1 aliphatic rings. The van der Waals surface area contributed by atoms with E-state index in [2.05, 4.69) is 37.5 Å². The lowest BCUT2D eigenvalue weighted by Crippen LogP contribution is -2.42. The molecule has 4 rings (SSSR count). The first kappa shape index (κ1) is 17.8. The van der Waals surface area contributed by atoms with Gasteiger partial charge in [-0.3, -0.25) is 0 Å². The molecule has 3 aromatic rings. The van der Waals surface area contributed by atoms with Gasteiger partial charge < -0.3 is 15.6 Å². The van der Waals surface area contributed by atoms with E-state index in [1.165, 1.54) is 12.5 Å². The van der Waals surface area contributed by atoms with Crippen LogP contribution in [-0.2, 0) is 6.18 Å². The molecular formula is C17H16ClF3N6. The second kappa shape index (κ2) is 6.26. The Hall–Kier alpha value is -2.55. The molecule has 0 unspecified atom stereocenters. The predicted molar refractivity (Wildman–Crippen MR) is 97.3 cm³/mol. The van der Waals surface area contributed by atoms with E-state index in [0.29, 0.717) is 17.1 Å². The van der Waals surface area contributed by atoms with Gasteiger partial charge in [-0.2, -0.15) is 23.1 Å². The normalized spacial score (nSPS) is 16.2. The molecule has 0 saturated heterocycles. The summed E-state index contributed by atoms with van der Waals surface area (Å²) in [5, 5.41) is 6.07. The van der Waals surface area contributed by atoms with Crippen LogP contribution in [0.1, 0.15) is 31.7 Å². The number of anilines is 3. The standard InChI is InChI=1S/C17H16ClF3N6/c1-16(3-2-4-16)27-14-22-8-12-13(25-14)26-15(24-12)23-11-6-9(17(19,20)21)5-10(18)7-11/h5-8H,2-4H2,1H3,(H3,22,23,24,25,26,27). The van der Waals surface area contributed by atoms with Crippen LogP contribution in [0.4, 0.5) is 30.8 Å². The van der Waals surface area contributed by atoms with E-state index in [9.17, 15) is 13.2 Å². The average Bonchev–Trinajstić information content (AvgIpc) is 2.93. The molecule has 2 heterocycles. The van der Waals surface area contributed by atoms with Crippen molar-refractivity contribution in [3.8, 4) is 0 Å². The van der Waals surface area contributed by atoms with E-state index in [4.69, 9.17) is 11.6 Å². The second-order valence-corrected chi connectivity index (χ2v) is 7.34. The fourth-order valence-corrected chi connectivity index (χ4v) is 3.23. The van der Waals surface area contributed by atoms with Crippen LogP contribution >= 0.6 is 11.6 Å². The summed E-state index contributed by atoms with van der Waals surface area (Å²) >= 11 is 5.80. The molecule has 0 radical (unpaired) electrons. The molecule has 0 aliphatic heterocycles. The van der Waals surface area contributed by atoms with E-state index >= 15 is 0 Å². The summed E-state index contributed by atoms with van der Waals surface area (Å²) in [7, 11) is 0. The molecule has 1 aliphatic carbocycles. The Bertz CT molecular complexity index is 996. The summed E-state index contributed by atoms with van der Waals surface area (Å²) < 4.78 is 38.8. The van der Waals surface area contributed by atoms with Crippen molar-refractivity contribution in [1.29, 1.82) is 0 Å². The number of halogens is 4. The number of imidazole rings is 1. The van der Waals surface area contributed by atoms with Gasteiger partial charge >= 0.3 is 6.18 Å². The SMILES string of the molecule is CC1(Nc2ncc3[nH]c(Nc4cc(Cl)cc(C(F)(F)F)c4)nc3n2)CCC1. The summed E-state index contributed by atoms with van der Waals surface area (Å²) in [5.41, 5.74) is 0.312. The molecule has 0 atom stereocenters. The number of nitrogens with one attached hydrogen (secondary N) is 3. The van der Waals surface area contributed by atoms with Crippen LogP contribution in [-0.4, -0.2) is 25.5 Å². The van der Waals surface area contributed by atoms with Gasteiger partial charge in [-0.1, -0.05) is 11.6 Å². The smallest absolute Gasteiger partial charge is 0.349 e. The number of fused-ring (bicyclic) bond motifs is 1. The van der Waals surface area contributed by atoms with Crippen molar-refractivity contribution < 1.29 is 13.2 Å². The number of hydrogen-bond acceptors (Lipinski definition) is 5. The van der Waals surface area contributed by atoms with Crippen LogP contribution in [0.5, 0.6) is 0 Å². The quantitative estimate of drug-likeness (QED) is 0.570. The molecule has 3 N–H and O–H groups in total. The van der Waals surface area contributed by atoms with E-state index in [-0.39, 0.29) is 22.2 Å². The van der Waals surface area contributed by atoms with E-state index in [1.807, 2.05) is 0 Å². The van der Waals surface area contributed by atoms with Crippen molar-refractivity contribution in [2.75, 3.05) is 10.6 Å². The van der Waals surface area contributed by atoms with Gasteiger partial charge in [0.05, 0.1) is 11.8 Å². The zero-order chi connectivity index (χ0) is 19.2. The first-order chi connectivity index (χ1) is 12.7. The summed E-state index contributed by atoms with van der Waals surface area (Å²) in [6.45, 7) is 2.11. The van der Waals surface area contributed by atoms with Crippen molar-refractivity contribution in [1.82, 2.24) is 19.9 Å². The first-order valence-electron chi connectivity index (χ1n) is 8.36. The van der Waals surface area contributed by atoms with Crippen molar-refractivity contribution in [2.24, 2.45) is 0 Å². The molecule has 2 aromatic heterocycles. The minimum absolute atomic E-state index is 0.000152. The molecule has 0 amide bonds. The van der Waals surface area contributed by atoms with Crippen LogP contribution in [0.25, 0.3) is 11.2 Å². The summed E-state index contributed by atoms with van der Waals surface area (Å²) in [6, 6.07) is 3.23. The maximum atomic E-state index is 12.9. The highest BCUT2D eigenvalue weighted by Gasteiger charge is 2.32. The highest BCUT2D eigenvalue weighted by atomic mass is 35.5. The number of hydrogen-bond donors (Lipinski definition) is 3. The third kappa shape index (κ3) is 3.78. The van der Waals surface area contributed by atoms with Crippen molar-refractivity contribution in [3.63, 3.8) is 0 Å². The van der Waals surface area contributed by atoms with Gasteiger partial charge in [-0.05, 0) is 44.4 Å². The van der Waals surface area contributed by atoms with Crippen LogP contribution in [0.15, 0.2) is 24.4 Å². The molecule has 1 aromatic carbocycles. The number of alkyl halides is 3. The van der Waals surface area contributed by atoms with Gasteiger partial charge in [0, 0.05) is 16.2 Å². The topological polar surface area (TPSA) is 78.5 Å². The second-order valence-electron chi connectivity index (χ2n) is 6.91. The Kier molecular flexibility index (Phi) is 4.14. The Morgan fingerprint density at radius 2 is 1.96 bits per heavy atom. The third-order valence-electron chi connectivity index (χ3n) is 4.60. The van der Waals surface area contributed by atoms with E-state index < -0.39 is 11.7 Å². The lowest BCUT2D eigenvalue weighted by atomic mass is 9.79. The molecule has 1 saturated carbocycles. The van der Waals surface area contributed by atoms with Crippen LogP contribution < -0.4 is 10.6 Å². The summed E-state index contributed by atoms with van der Waals surface area (Å²) in [5.74, 6) is 0.728. The van der Waals surface area contributed by atoms with Crippen molar-refractivity contribution >= 4 is 40.3 Å². The van der Waals surface area contributed by atoms with Crippen molar-refractivity contribution in [2.45, 2.75) is 37.9 Å². The van der Waals surface area contributed by atoms with E-state index in [0.717, 1.165) is 25.0 Å². The minimum atomic E-state index is -4.49. The molecule has 1 fully saturated rings. The summed E-state index contributed by atoms with van der Waals surface area (Å²) in [6.07, 6.45) is 0.376. The van der Waals surface area contributed by atoms with Crippen LogP contribution in [0.3, 0.4) is 0 Å². The number of aromatic nitrogens is 4. The molecule has 142 valence electrons. The third-order valence-corrected chi connectivity index (χ3v) is 4.82. The molecule has 0 bridgehead atoms. The van der Waals surface area contributed by atoms with Gasteiger partial charge in [-0.25, -0.2) is 4.98 Å². The molecule has 0 spiro atoms. The highest BCUT2D eigenvalue weighted by Crippen LogP contribution is 2.35. The van der Waals surface area contributed by atoms with Crippen LogP contribution in [0, 0.1) is 0 Å². The predicted octanol–water partition coefficient (Wildman–Crippen LogP) is 5.12. The Balaban J connectivity index is 1.58. The number of rotatable bonds is 4. The first-order valence-corrected chi connectivity index (χ1v) is 8.74. The van der Waals surface area contributed by atoms with Gasteiger partial charge in [0.1, 0.15) is 5.52 Å². The average molecular weight is 397 g/mol. The fourth-order valence-electron chi connectivity index (χ4n) is 2.99. The molecule has 27 heavy (non-hydrogen) atoms. The maximum absolute atomic E-state index is 12.9. The monoisotopic (exact) mass is 396 g/mol. The van der Waals surface area contributed by atoms with Gasteiger partial charge in [0.15, 0.2) is 5.65 Å². The van der Waals surface area contributed by atoms with E-state index in [1.54, 1.807) is 6.20 Å². The Labute approximate surface area is 157 Å². The Morgan fingerprint density at radius 1 is 1.19 bits per heavy atom. The zero-order valence-electron chi connectivity index (χ0n) is 14.3. The minimum Gasteiger partial charge on any atom is -0.349 e. The molecule has 6 nitrogen and oxygen atoms in total. The summed E-state index contributed by atoms with van der Waals surface area (Å²) in [4.78, 5) is 15.9. The van der Waals surface area contributed by atoms with Crippen LogP contribution in [0.2, 0.25) is 5.02 Å². The van der Waals surface area contributed by atoms with Gasteiger partial charge in [0.2, 0.25) is 11.9 Å². The fraction of sp³-hybridized carbons (Fsp3) is 0.353. The maximum Gasteiger partial charge on any atom is 0.416 e. The number of nitrogens with zero attached hydrogens (tertiary/aromatic N) is 3. The highest BCUT2D eigenvalue weighted by molar-refractivity contribution is 6.31. The lowest BCUT2D eigenvalue weighted by molar-refractivity contribution is -0.137. The number of aromatic amines is 1. The van der Waals surface area contributed by atoms with Gasteiger partial charge in [0.25, 0.3) is 0 Å². The number of benzene rings is 1.